The lowest BCUT2D eigenvalue weighted by Gasteiger charge is -2.11. The zero-order chi connectivity index (χ0) is 11.6. The molecule has 84 valence electrons. The largest absolute Gasteiger partial charge is 0.573 e. The Morgan fingerprint density at radius 2 is 1.80 bits per heavy atom. The van der Waals surface area contributed by atoms with Crippen molar-refractivity contribution in [2.45, 2.75) is 10.1 Å². The molecule has 1 rings (SSSR count). The lowest BCUT2D eigenvalue weighted by molar-refractivity contribution is -0.274. The van der Waals surface area contributed by atoms with Crippen molar-refractivity contribution in [2.75, 3.05) is 0 Å². The van der Waals surface area contributed by atoms with Gasteiger partial charge in [0.2, 0.25) is 0 Å². The summed E-state index contributed by atoms with van der Waals surface area (Å²) in [5.41, 5.74) is 0.622. The van der Waals surface area contributed by atoms with Gasteiger partial charge in [-0.25, -0.2) is 0 Å². The third-order valence-corrected chi connectivity index (χ3v) is 3.14. The number of rotatable bonds is 2. The maximum Gasteiger partial charge on any atom is 0.573 e. The number of hydrogen-bond donors (Lipinski definition) is 0. The Hall–Kier alpha value is 0.250. The first kappa shape index (κ1) is 13.3. The summed E-state index contributed by atoms with van der Waals surface area (Å²) in [4.78, 5) is 0. The molecule has 0 atom stereocenters. The molecular formula is C8H4Br3F3O. The summed E-state index contributed by atoms with van der Waals surface area (Å²) in [6, 6.07) is 4.03. The maximum absolute atomic E-state index is 11.9. The van der Waals surface area contributed by atoms with Crippen molar-refractivity contribution in [1.82, 2.24) is 0 Å². The van der Waals surface area contributed by atoms with Crippen LogP contribution < -0.4 is 4.74 Å². The van der Waals surface area contributed by atoms with E-state index < -0.39 is 6.36 Å². The van der Waals surface area contributed by atoms with Crippen LogP contribution in [0.2, 0.25) is 0 Å². The number of ether oxygens (including phenoxy) is 1. The minimum absolute atomic E-state index is 0.240. The molecule has 0 N–H and O–H groups in total. The maximum atomic E-state index is 11.9. The van der Waals surface area contributed by atoms with Crippen LogP contribution in [0.15, 0.2) is 22.7 Å². The van der Waals surface area contributed by atoms with E-state index in [9.17, 15) is 13.2 Å². The Balaban J connectivity index is 2.98. The van der Waals surface area contributed by atoms with Gasteiger partial charge in [-0.2, -0.15) is 0 Å². The average Bonchev–Trinajstić information content (AvgIpc) is 2.05. The highest BCUT2D eigenvalue weighted by Gasteiger charge is 2.31. The van der Waals surface area contributed by atoms with Crippen LogP contribution in [-0.2, 0) is 0 Å². The molecule has 0 amide bonds. The van der Waals surface area contributed by atoms with Crippen molar-refractivity contribution in [3.63, 3.8) is 0 Å². The molecule has 0 spiro atoms. The van der Waals surface area contributed by atoms with E-state index in [0.717, 1.165) is 0 Å². The molecule has 15 heavy (non-hydrogen) atoms. The molecule has 1 nitrogen and oxygen atoms in total. The van der Waals surface area contributed by atoms with Gasteiger partial charge in [0.15, 0.2) is 0 Å². The average molecular weight is 413 g/mol. The highest BCUT2D eigenvalue weighted by Crippen LogP contribution is 2.37. The molecule has 0 saturated heterocycles. The third kappa shape index (κ3) is 4.32. The molecule has 0 radical (unpaired) electrons. The smallest absolute Gasteiger partial charge is 0.406 e. The highest BCUT2D eigenvalue weighted by atomic mass is 79.9. The first-order valence-electron chi connectivity index (χ1n) is 3.63. The normalized spacial score (nSPS) is 11.9. The Bertz CT molecular complexity index is 351. The summed E-state index contributed by atoms with van der Waals surface area (Å²) in [7, 11) is 0. The lowest BCUT2D eigenvalue weighted by Crippen LogP contribution is -2.17. The van der Waals surface area contributed by atoms with Gasteiger partial charge in [0.05, 0.1) is 3.74 Å². The van der Waals surface area contributed by atoms with Gasteiger partial charge in [0.25, 0.3) is 0 Å². The lowest BCUT2D eigenvalue weighted by atomic mass is 10.2. The van der Waals surface area contributed by atoms with E-state index in [1.54, 1.807) is 0 Å². The number of alkyl halides is 5. The predicted molar refractivity (Wildman–Crippen MR) is 61.4 cm³/mol. The van der Waals surface area contributed by atoms with Crippen LogP contribution >= 0.6 is 47.8 Å². The van der Waals surface area contributed by atoms with Crippen molar-refractivity contribution in [1.29, 1.82) is 0 Å². The second-order valence-corrected chi connectivity index (χ2v) is 6.45. The molecule has 0 aromatic heterocycles. The predicted octanol–water partition coefficient (Wildman–Crippen LogP) is 5.14. The SMILES string of the molecule is FC(F)(F)Oc1ccc(Br)c(C(Br)Br)c1. The molecular weight excluding hydrogens is 409 g/mol. The fourth-order valence-corrected chi connectivity index (χ4v) is 2.73. The van der Waals surface area contributed by atoms with Gasteiger partial charge in [-0.05, 0) is 23.8 Å². The Morgan fingerprint density at radius 1 is 1.20 bits per heavy atom. The van der Waals surface area contributed by atoms with E-state index in [4.69, 9.17) is 0 Å². The van der Waals surface area contributed by atoms with E-state index in [1.807, 2.05) is 0 Å². The standard InChI is InChI=1S/C8H4Br3F3O/c9-6-2-1-4(15-8(12,13)14)3-5(6)7(10)11/h1-3,7H. The molecule has 0 saturated carbocycles. The summed E-state index contributed by atoms with van der Waals surface area (Å²) in [5.74, 6) is -0.246. The molecule has 7 heteroatoms. The topological polar surface area (TPSA) is 9.23 Å². The molecule has 1 aromatic carbocycles. The van der Waals surface area contributed by atoms with Gasteiger partial charge in [0.1, 0.15) is 5.75 Å². The summed E-state index contributed by atoms with van der Waals surface area (Å²) < 4.78 is 40.0. The second-order valence-electron chi connectivity index (χ2n) is 2.53. The Morgan fingerprint density at radius 3 is 2.27 bits per heavy atom. The van der Waals surface area contributed by atoms with Crippen molar-refractivity contribution < 1.29 is 17.9 Å². The van der Waals surface area contributed by atoms with Crippen molar-refractivity contribution in [2.24, 2.45) is 0 Å². The van der Waals surface area contributed by atoms with Crippen molar-refractivity contribution >= 4 is 47.8 Å². The molecule has 0 fully saturated rings. The quantitative estimate of drug-likeness (QED) is 0.611. The van der Waals surface area contributed by atoms with Crippen LogP contribution in [0.3, 0.4) is 0 Å². The molecule has 0 bridgehead atoms. The molecule has 1 aromatic rings. The van der Waals surface area contributed by atoms with Gasteiger partial charge in [-0.15, -0.1) is 13.2 Å². The van der Waals surface area contributed by atoms with Gasteiger partial charge in [-0.3, -0.25) is 0 Å². The van der Waals surface area contributed by atoms with Crippen LogP contribution in [0, 0.1) is 0 Å². The van der Waals surface area contributed by atoms with E-state index in [1.165, 1.54) is 18.2 Å². The van der Waals surface area contributed by atoms with E-state index in [2.05, 4.69) is 52.5 Å². The van der Waals surface area contributed by atoms with E-state index in [-0.39, 0.29) is 9.49 Å². The number of halogens is 6. The third-order valence-electron chi connectivity index (χ3n) is 1.44. The number of hydrogen-bond acceptors (Lipinski definition) is 1. The van der Waals surface area contributed by atoms with E-state index >= 15 is 0 Å². The zero-order valence-electron chi connectivity index (χ0n) is 6.99. The van der Waals surface area contributed by atoms with Gasteiger partial charge >= 0.3 is 6.36 Å². The fraction of sp³-hybridized carbons (Fsp3) is 0.250. The summed E-state index contributed by atoms with van der Waals surface area (Å²) in [6.45, 7) is 0. The van der Waals surface area contributed by atoms with Crippen LogP contribution in [-0.4, -0.2) is 6.36 Å². The van der Waals surface area contributed by atoms with Crippen LogP contribution in [0.25, 0.3) is 0 Å². The minimum Gasteiger partial charge on any atom is -0.406 e. The zero-order valence-corrected chi connectivity index (χ0v) is 11.7. The summed E-state index contributed by atoms with van der Waals surface area (Å²) in [5, 5.41) is 0. The number of benzene rings is 1. The molecule has 0 unspecified atom stereocenters. The molecule has 0 aliphatic rings. The fourth-order valence-electron chi connectivity index (χ4n) is 0.886. The molecule has 0 aliphatic heterocycles. The van der Waals surface area contributed by atoms with Crippen molar-refractivity contribution in [3.05, 3.63) is 28.2 Å². The monoisotopic (exact) mass is 410 g/mol. The van der Waals surface area contributed by atoms with Crippen LogP contribution in [0.1, 0.15) is 9.30 Å². The summed E-state index contributed by atoms with van der Waals surface area (Å²) in [6.07, 6.45) is -4.67. The van der Waals surface area contributed by atoms with Crippen LogP contribution in [0.4, 0.5) is 13.2 Å². The van der Waals surface area contributed by atoms with Gasteiger partial charge < -0.3 is 4.74 Å². The molecule has 0 heterocycles. The van der Waals surface area contributed by atoms with Gasteiger partial charge in [0, 0.05) is 4.47 Å². The second kappa shape index (κ2) is 5.05. The first-order chi connectivity index (χ1) is 6.79. The highest BCUT2D eigenvalue weighted by molar-refractivity contribution is 9.24. The van der Waals surface area contributed by atoms with E-state index in [0.29, 0.717) is 10.0 Å². The Labute approximate surface area is 109 Å². The first-order valence-corrected chi connectivity index (χ1v) is 6.25. The van der Waals surface area contributed by atoms with Crippen LogP contribution in [0.5, 0.6) is 5.75 Å². The molecule has 0 aliphatic carbocycles. The Kier molecular flexibility index (Phi) is 4.49. The van der Waals surface area contributed by atoms with Crippen molar-refractivity contribution in [3.8, 4) is 5.75 Å². The van der Waals surface area contributed by atoms with Gasteiger partial charge in [-0.1, -0.05) is 47.8 Å². The summed E-state index contributed by atoms with van der Waals surface area (Å²) >= 11 is 9.61. The minimum atomic E-state index is -4.67.